The molecule has 4 nitrogen and oxygen atoms in total. The minimum atomic E-state index is -0.811. The molecule has 4 heteroatoms. The standard InChI is InChI=1S/C10H18O4/c1-5-6(2)9(12)10(13-7(5)3)14-8(4)11/h5-7,9-10,12H,1-4H3/t5-,6+,7?,9?,10-/m1/s1. The Hall–Kier alpha value is -0.610. The summed E-state index contributed by atoms with van der Waals surface area (Å²) in [7, 11) is 0. The second-order valence-electron chi connectivity index (χ2n) is 4.03. The Bertz CT molecular complexity index is 216. The van der Waals surface area contributed by atoms with Gasteiger partial charge in [0.1, 0.15) is 6.10 Å². The molecule has 0 aromatic heterocycles. The zero-order valence-corrected chi connectivity index (χ0v) is 9.06. The molecule has 2 unspecified atom stereocenters. The Morgan fingerprint density at radius 2 is 1.86 bits per heavy atom. The fraction of sp³-hybridized carbons (Fsp3) is 0.900. The Morgan fingerprint density at radius 1 is 1.29 bits per heavy atom. The van der Waals surface area contributed by atoms with Crippen LogP contribution in [-0.2, 0) is 14.3 Å². The zero-order valence-electron chi connectivity index (χ0n) is 9.06. The number of aliphatic hydroxyl groups is 1. The number of carbonyl (C=O) groups is 1. The molecule has 0 bridgehead atoms. The van der Waals surface area contributed by atoms with Gasteiger partial charge in [-0.05, 0) is 18.8 Å². The SMILES string of the molecule is CC(=O)O[C@H]1OC(C)[C@H](C)[C@H](C)C1O. The molecule has 0 aromatic rings. The molecule has 82 valence electrons. The molecule has 1 rings (SSSR count). The number of carbonyl (C=O) groups excluding carboxylic acids is 1. The summed E-state index contributed by atoms with van der Waals surface area (Å²) >= 11 is 0. The van der Waals surface area contributed by atoms with Gasteiger partial charge in [-0.25, -0.2) is 0 Å². The van der Waals surface area contributed by atoms with Gasteiger partial charge in [0.2, 0.25) is 6.29 Å². The Labute approximate surface area is 84.2 Å². The van der Waals surface area contributed by atoms with Crippen LogP contribution in [-0.4, -0.2) is 29.6 Å². The maximum absolute atomic E-state index is 10.7. The van der Waals surface area contributed by atoms with Crippen molar-refractivity contribution >= 4 is 5.97 Å². The van der Waals surface area contributed by atoms with Gasteiger partial charge in [0, 0.05) is 6.92 Å². The van der Waals surface area contributed by atoms with Gasteiger partial charge in [0.15, 0.2) is 0 Å². The van der Waals surface area contributed by atoms with E-state index in [1.165, 1.54) is 6.92 Å². The lowest BCUT2D eigenvalue weighted by Crippen LogP contribution is -2.49. The van der Waals surface area contributed by atoms with Gasteiger partial charge in [-0.1, -0.05) is 13.8 Å². The average molecular weight is 202 g/mol. The summed E-state index contributed by atoms with van der Waals surface area (Å²) < 4.78 is 10.3. The summed E-state index contributed by atoms with van der Waals surface area (Å²) in [6, 6.07) is 0. The lowest BCUT2D eigenvalue weighted by Gasteiger charge is -2.40. The number of hydrogen-bond donors (Lipinski definition) is 1. The first-order valence-electron chi connectivity index (χ1n) is 4.94. The third kappa shape index (κ3) is 2.25. The first-order chi connectivity index (χ1) is 6.43. The van der Waals surface area contributed by atoms with E-state index in [1.807, 2.05) is 20.8 Å². The minimum absolute atomic E-state index is 0.00208. The highest BCUT2D eigenvalue weighted by molar-refractivity contribution is 5.66. The molecule has 0 spiro atoms. The molecule has 0 aliphatic carbocycles. The third-order valence-electron chi connectivity index (χ3n) is 3.02. The van der Waals surface area contributed by atoms with Crippen molar-refractivity contribution in [3.05, 3.63) is 0 Å². The number of esters is 1. The predicted octanol–water partition coefficient (Wildman–Crippen LogP) is 0.927. The molecule has 5 atom stereocenters. The van der Waals surface area contributed by atoms with Crippen molar-refractivity contribution in [2.24, 2.45) is 11.8 Å². The van der Waals surface area contributed by atoms with Crippen molar-refractivity contribution in [1.29, 1.82) is 0 Å². The molecule has 0 saturated carbocycles. The lowest BCUT2D eigenvalue weighted by molar-refractivity contribution is -0.257. The van der Waals surface area contributed by atoms with Gasteiger partial charge in [-0.3, -0.25) is 4.79 Å². The summed E-state index contributed by atoms with van der Waals surface area (Å²) in [4.78, 5) is 10.7. The molecular weight excluding hydrogens is 184 g/mol. The van der Waals surface area contributed by atoms with Crippen LogP contribution in [0.2, 0.25) is 0 Å². The molecule has 1 aliphatic heterocycles. The predicted molar refractivity (Wildman–Crippen MR) is 50.4 cm³/mol. The van der Waals surface area contributed by atoms with Crippen molar-refractivity contribution in [3.63, 3.8) is 0 Å². The molecule has 1 heterocycles. The van der Waals surface area contributed by atoms with Gasteiger partial charge in [0.05, 0.1) is 6.10 Å². The summed E-state index contributed by atoms with van der Waals surface area (Å²) in [5.41, 5.74) is 0. The van der Waals surface area contributed by atoms with Crippen LogP contribution in [0.4, 0.5) is 0 Å². The molecule has 1 fully saturated rings. The molecule has 1 N–H and O–H groups in total. The highest BCUT2D eigenvalue weighted by Crippen LogP contribution is 2.30. The Balaban J connectivity index is 2.65. The van der Waals surface area contributed by atoms with Crippen LogP contribution < -0.4 is 0 Å². The quantitative estimate of drug-likeness (QED) is 0.643. The van der Waals surface area contributed by atoms with E-state index in [4.69, 9.17) is 9.47 Å². The second kappa shape index (κ2) is 4.28. The zero-order chi connectivity index (χ0) is 10.9. The maximum Gasteiger partial charge on any atom is 0.305 e. The topological polar surface area (TPSA) is 55.8 Å². The van der Waals surface area contributed by atoms with Crippen LogP contribution in [0.15, 0.2) is 0 Å². The van der Waals surface area contributed by atoms with Gasteiger partial charge < -0.3 is 14.6 Å². The largest absolute Gasteiger partial charge is 0.433 e. The molecular formula is C10H18O4. The van der Waals surface area contributed by atoms with Crippen LogP contribution in [0, 0.1) is 11.8 Å². The first-order valence-corrected chi connectivity index (χ1v) is 4.94. The monoisotopic (exact) mass is 202 g/mol. The Kier molecular flexibility index (Phi) is 3.50. The van der Waals surface area contributed by atoms with Crippen molar-refractivity contribution in [2.75, 3.05) is 0 Å². The van der Waals surface area contributed by atoms with Crippen LogP contribution in [0.25, 0.3) is 0 Å². The summed E-state index contributed by atoms with van der Waals surface area (Å²) in [6.07, 6.45) is -1.54. The maximum atomic E-state index is 10.7. The highest BCUT2D eigenvalue weighted by atomic mass is 16.7. The van der Waals surface area contributed by atoms with E-state index in [0.29, 0.717) is 0 Å². The second-order valence-corrected chi connectivity index (χ2v) is 4.03. The van der Waals surface area contributed by atoms with Gasteiger partial charge >= 0.3 is 5.97 Å². The van der Waals surface area contributed by atoms with Gasteiger partial charge in [-0.2, -0.15) is 0 Å². The van der Waals surface area contributed by atoms with Crippen LogP contribution in [0.1, 0.15) is 27.7 Å². The average Bonchev–Trinajstić information content (AvgIpc) is 2.10. The van der Waals surface area contributed by atoms with E-state index in [2.05, 4.69) is 0 Å². The van der Waals surface area contributed by atoms with E-state index in [9.17, 15) is 9.90 Å². The van der Waals surface area contributed by atoms with E-state index >= 15 is 0 Å². The summed E-state index contributed by atoms with van der Waals surface area (Å²) in [5.74, 6) is -0.0945. The first kappa shape index (κ1) is 11.5. The number of rotatable bonds is 1. The molecule has 0 radical (unpaired) electrons. The van der Waals surface area contributed by atoms with E-state index < -0.39 is 18.4 Å². The van der Waals surface area contributed by atoms with E-state index in [1.54, 1.807) is 0 Å². The number of hydrogen-bond acceptors (Lipinski definition) is 4. The molecule has 0 amide bonds. The normalized spacial score (nSPS) is 43.4. The van der Waals surface area contributed by atoms with Crippen molar-refractivity contribution < 1.29 is 19.4 Å². The van der Waals surface area contributed by atoms with Gasteiger partial charge in [0.25, 0.3) is 0 Å². The van der Waals surface area contributed by atoms with Crippen LogP contribution in [0.3, 0.4) is 0 Å². The van der Waals surface area contributed by atoms with Gasteiger partial charge in [-0.15, -0.1) is 0 Å². The van der Waals surface area contributed by atoms with E-state index in [0.717, 1.165) is 0 Å². The molecule has 1 saturated heterocycles. The minimum Gasteiger partial charge on any atom is -0.433 e. The van der Waals surface area contributed by atoms with Crippen molar-refractivity contribution in [2.45, 2.75) is 46.2 Å². The fourth-order valence-electron chi connectivity index (χ4n) is 1.66. The van der Waals surface area contributed by atoms with Crippen LogP contribution >= 0.6 is 0 Å². The Morgan fingerprint density at radius 3 is 2.36 bits per heavy atom. The smallest absolute Gasteiger partial charge is 0.305 e. The molecule has 0 aromatic carbocycles. The van der Waals surface area contributed by atoms with Crippen molar-refractivity contribution in [3.8, 4) is 0 Å². The molecule has 14 heavy (non-hydrogen) atoms. The fourth-order valence-corrected chi connectivity index (χ4v) is 1.66. The summed E-state index contributed by atoms with van der Waals surface area (Å²) in [6.45, 7) is 7.18. The van der Waals surface area contributed by atoms with Crippen LogP contribution in [0.5, 0.6) is 0 Å². The van der Waals surface area contributed by atoms with E-state index in [-0.39, 0.29) is 17.9 Å². The number of ether oxygens (including phenoxy) is 2. The summed E-state index contributed by atoms with van der Waals surface area (Å²) in [5, 5.41) is 9.77. The highest BCUT2D eigenvalue weighted by Gasteiger charge is 2.40. The number of aliphatic hydroxyl groups excluding tert-OH is 1. The molecule has 1 aliphatic rings. The lowest BCUT2D eigenvalue weighted by atomic mass is 9.84. The third-order valence-corrected chi connectivity index (χ3v) is 3.02. The van der Waals surface area contributed by atoms with Crippen molar-refractivity contribution in [1.82, 2.24) is 0 Å².